The van der Waals surface area contributed by atoms with E-state index in [-0.39, 0.29) is 5.82 Å². The van der Waals surface area contributed by atoms with Crippen LogP contribution >= 0.6 is 11.3 Å². The second kappa shape index (κ2) is 6.88. The molecule has 0 saturated carbocycles. The van der Waals surface area contributed by atoms with E-state index in [1.54, 1.807) is 6.07 Å². The standard InChI is InChI=1S/C18H14F3N5OS/c19-18(20,21)13(27)7-26-9-25-14(10-4-2-1-3-5-10)15(26)12-6-11-16(22)23-8-24-17(11)28-12/h1-6,8-9,13,27H,7H2,(H2,22,23,24). The van der Waals surface area contributed by atoms with Gasteiger partial charge in [0, 0.05) is 5.56 Å². The molecular weight excluding hydrogens is 391 g/mol. The summed E-state index contributed by atoms with van der Waals surface area (Å²) in [7, 11) is 0. The molecule has 0 bridgehead atoms. The van der Waals surface area contributed by atoms with E-state index in [1.807, 2.05) is 30.3 Å². The molecule has 0 amide bonds. The predicted octanol–water partition coefficient (Wildman–Crippen LogP) is 3.73. The molecule has 0 aliphatic heterocycles. The molecular formula is C18H14F3N5OS. The fourth-order valence-corrected chi connectivity index (χ4v) is 3.94. The lowest BCUT2D eigenvalue weighted by Crippen LogP contribution is -2.32. The van der Waals surface area contributed by atoms with Gasteiger partial charge in [-0.15, -0.1) is 11.3 Å². The van der Waals surface area contributed by atoms with Gasteiger partial charge in [-0.05, 0) is 6.07 Å². The van der Waals surface area contributed by atoms with Crippen LogP contribution in [0.1, 0.15) is 0 Å². The third-order valence-corrected chi connectivity index (χ3v) is 5.28. The van der Waals surface area contributed by atoms with Crippen LogP contribution < -0.4 is 5.73 Å². The molecule has 0 spiro atoms. The maximum Gasteiger partial charge on any atom is 0.416 e. The lowest BCUT2D eigenvalue weighted by molar-refractivity contribution is -0.207. The highest BCUT2D eigenvalue weighted by molar-refractivity contribution is 7.21. The molecule has 3 aromatic heterocycles. The van der Waals surface area contributed by atoms with Crippen LogP contribution in [0.3, 0.4) is 0 Å². The zero-order chi connectivity index (χ0) is 19.9. The number of rotatable bonds is 4. The first-order valence-electron chi connectivity index (χ1n) is 8.20. The summed E-state index contributed by atoms with van der Waals surface area (Å²) in [5.41, 5.74) is 7.60. The number of fused-ring (bicyclic) bond motifs is 1. The molecule has 4 rings (SSSR count). The molecule has 4 aromatic rings. The Bertz CT molecular complexity index is 1120. The smallest absolute Gasteiger partial charge is 0.383 e. The zero-order valence-corrected chi connectivity index (χ0v) is 15.1. The van der Waals surface area contributed by atoms with Crippen LogP contribution in [0.5, 0.6) is 0 Å². The number of imidazole rings is 1. The van der Waals surface area contributed by atoms with Crippen LogP contribution in [0.15, 0.2) is 49.1 Å². The van der Waals surface area contributed by atoms with Crippen molar-refractivity contribution in [2.75, 3.05) is 5.73 Å². The number of anilines is 1. The summed E-state index contributed by atoms with van der Waals surface area (Å²) < 4.78 is 40.0. The molecule has 0 fully saturated rings. The van der Waals surface area contributed by atoms with E-state index < -0.39 is 18.8 Å². The van der Waals surface area contributed by atoms with Crippen LogP contribution in [-0.2, 0) is 6.54 Å². The molecule has 6 nitrogen and oxygen atoms in total. The second-order valence-corrected chi connectivity index (χ2v) is 7.14. The summed E-state index contributed by atoms with van der Waals surface area (Å²) >= 11 is 1.27. The third-order valence-electron chi connectivity index (χ3n) is 4.23. The van der Waals surface area contributed by atoms with Crippen molar-refractivity contribution in [3.05, 3.63) is 49.1 Å². The van der Waals surface area contributed by atoms with Crippen LogP contribution in [0, 0.1) is 0 Å². The van der Waals surface area contributed by atoms with E-state index in [4.69, 9.17) is 5.73 Å². The molecule has 0 aliphatic rings. The van der Waals surface area contributed by atoms with E-state index in [0.717, 1.165) is 5.56 Å². The molecule has 144 valence electrons. The molecule has 0 radical (unpaired) electrons. The van der Waals surface area contributed by atoms with Crippen LogP contribution in [0.4, 0.5) is 19.0 Å². The normalized spacial score (nSPS) is 13.1. The molecule has 0 aliphatic carbocycles. The van der Waals surface area contributed by atoms with Gasteiger partial charge in [0.05, 0.1) is 34.5 Å². The van der Waals surface area contributed by atoms with Gasteiger partial charge in [-0.2, -0.15) is 13.2 Å². The third kappa shape index (κ3) is 3.32. The number of nitrogens with zero attached hydrogens (tertiary/aromatic N) is 4. The van der Waals surface area contributed by atoms with Gasteiger partial charge in [0.15, 0.2) is 6.10 Å². The Morgan fingerprint density at radius 1 is 1.14 bits per heavy atom. The number of aliphatic hydroxyl groups excluding tert-OH is 1. The number of hydrogen-bond donors (Lipinski definition) is 2. The van der Waals surface area contributed by atoms with Crippen LogP contribution in [-0.4, -0.2) is 36.9 Å². The quantitative estimate of drug-likeness (QED) is 0.540. The monoisotopic (exact) mass is 405 g/mol. The topological polar surface area (TPSA) is 89.9 Å². The van der Waals surface area contributed by atoms with Gasteiger partial charge >= 0.3 is 6.18 Å². The number of benzene rings is 1. The summed E-state index contributed by atoms with van der Waals surface area (Å²) in [6.45, 7) is -0.673. The van der Waals surface area contributed by atoms with Gasteiger partial charge in [-0.1, -0.05) is 30.3 Å². The molecule has 0 saturated heterocycles. The number of alkyl halides is 3. The Morgan fingerprint density at radius 2 is 1.89 bits per heavy atom. The summed E-state index contributed by atoms with van der Waals surface area (Å²) in [5, 5.41) is 10.2. The summed E-state index contributed by atoms with van der Waals surface area (Å²) in [6, 6.07) is 10.8. The van der Waals surface area contributed by atoms with Crippen molar-refractivity contribution in [2.45, 2.75) is 18.8 Å². The lowest BCUT2D eigenvalue weighted by atomic mass is 10.1. The highest BCUT2D eigenvalue weighted by Gasteiger charge is 2.39. The van der Waals surface area contributed by atoms with Gasteiger partial charge in [-0.25, -0.2) is 15.0 Å². The predicted molar refractivity (Wildman–Crippen MR) is 101 cm³/mol. The SMILES string of the molecule is Nc1ncnc2sc(-c3c(-c4ccccc4)ncn3CC(O)C(F)(F)F)cc12. The van der Waals surface area contributed by atoms with Gasteiger partial charge in [0.2, 0.25) is 0 Å². The molecule has 28 heavy (non-hydrogen) atoms. The number of aliphatic hydroxyl groups is 1. The summed E-state index contributed by atoms with van der Waals surface area (Å²) in [6.07, 6.45) is -4.61. The largest absolute Gasteiger partial charge is 0.416 e. The van der Waals surface area contributed by atoms with E-state index in [2.05, 4.69) is 15.0 Å². The first kappa shape index (κ1) is 18.4. The maximum atomic E-state index is 12.9. The van der Waals surface area contributed by atoms with Gasteiger partial charge < -0.3 is 15.4 Å². The Balaban J connectivity index is 1.89. The average molecular weight is 405 g/mol. The fourth-order valence-electron chi connectivity index (χ4n) is 2.87. The zero-order valence-electron chi connectivity index (χ0n) is 14.3. The molecule has 1 unspecified atom stereocenters. The Morgan fingerprint density at radius 3 is 2.57 bits per heavy atom. The minimum atomic E-state index is -4.73. The molecule has 10 heteroatoms. The number of halogens is 3. The summed E-state index contributed by atoms with van der Waals surface area (Å²) in [5.74, 6) is 0.287. The van der Waals surface area contributed by atoms with E-state index in [9.17, 15) is 18.3 Å². The number of thiophene rings is 1. The van der Waals surface area contributed by atoms with Gasteiger partial charge in [0.1, 0.15) is 17.0 Å². The Labute approximate surface area is 161 Å². The average Bonchev–Trinajstić information content (AvgIpc) is 3.26. The fraction of sp³-hybridized carbons (Fsp3) is 0.167. The highest BCUT2D eigenvalue weighted by Crippen LogP contribution is 2.39. The van der Waals surface area contributed by atoms with Crippen LogP contribution in [0.25, 0.3) is 32.0 Å². The molecule has 3 heterocycles. The highest BCUT2D eigenvalue weighted by atomic mass is 32.1. The van der Waals surface area contributed by atoms with Crippen molar-refractivity contribution in [3.8, 4) is 21.8 Å². The minimum Gasteiger partial charge on any atom is -0.383 e. The lowest BCUT2D eigenvalue weighted by Gasteiger charge is -2.16. The van der Waals surface area contributed by atoms with E-state index in [1.165, 1.54) is 28.6 Å². The first-order chi connectivity index (χ1) is 13.3. The number of hydrogen-bond acceptors (Lipinski definition) is 6. The van der Waals surface area contributed by atoms with Crippen LogP contribution in [0.2, 0.25) is 0 Å². The summed E-state index contributed by atoms with van der Waals surface area (Å²) in [4.78, 5) is 13.7. The van der Waals surface area contributed by atoms with Crippen molar-refractivity contribution in [1.82, 2.24) is 19.5 Å². The minimum absolute atomic E-state index is 0.287. The van der Waals surface area contributed by atoms with Crippen molar-refractivity contribution in [1.29, 1.82) is 0 Å². The Kier molecular flexibility index (Phi) is 4.52. The maximum absolute atomic E-state index is 12.9. The van der Waals surface area contributed by atoms with E-state index in [0.29, 0.717) is 26.5 Å². The molecule has 1 aromatic carbocycles. The number of nitrogens with two attached hydrogens (primary N) is 1. The first-order valence-corrected chi connectivity index (χ1v) is 9.02. The van der Waals surface area contributed by atoms with Crippen molar-refractivity contribution in [3.63, 3.8) is 0 Å². The molecule has 3 N–H and O–H groups in total. The van der Waals surface area contributed by atoms with Crippen molar-refractivity contribution >= 4 is 27.4 Å². The number of nitrogen functional groups attached to an aromatic ring is 1. The van der Waals surface area contributed by atoms with Crippen molar-refractivity contribution in [2.24, 2.45) is 0 Å². The second-order valence-electron chi connectivity index (χ2n) is 6.11. The van der Waals surface area contributed by atoms with Gasteiger partial charge in [-0.3, -0.25) is 0 Å². The van der Waals surface area contributed by atoms with E-state index >= 15 is 0 Å². The van der Waals surface area contributed by atoms with Gasteiger partial charge in [0.25, 0.3) is 0 Å². The van der Waals surface area contributed by atoms with Crippen molar-refractivity contribution < 1.29 is 18.3 Å². The Hall–Kier alpha value is -2.98. The molecule has 1 atom stereocenters. The number of aromatic nitrogens is 4.